The van der Waals surface area contributed by atoms with Crippen molar-refractivity contribution in [1.82, 2.24) is 10.3 Å². The van der Waals surface area contributed by atoms with E-state index in [0.717, 1.165) is 35.4 Å². The van der Waals surface area contributed by atoms with Crippen molar-refractivity contribution in [2.45, 2.75) is 39.3 Å². The molecule has 0 saturated heterocycles. The molecule has 2 aromatic rings. The Morgan fingerprint density at radius 2 is 1.96 bits per heavy atom. The number of aliphatic hydroxyl groups excluding tert-OH is 1. The van der Waals surface area contributed by atoms with Gasteiger partial charge in [-0.2, -0.15) is 0 Å². The molecule has 0 bridgehead atoms. The lowest BCUT2D eigenvalue weighted by Crippen LogP contribution is -2.22. The lowest BCUT2D eigenvalue weighted by atomic mass is 10.0. The molecule has 124 valence electrons. The Morgan fingerprint density at radius 3 is 2.61 bits per heavy atom. The van der Waals surface area contributed by atoms with Gasteiger partial charge in [0, 0.05) is 36.5 Å². The molecule has 0 spiro atoms. The fourth-order valence-electron chi connectivity index (χ4n) is 2.84. The molecular formula is C19H26N2O2. The predicted molar refractivity (Wildman–Crippen MR) is 92.6 cm³/mol. The third-order valence-electron chi connectivity index (χ3n) is 4.12. The molecule has 0 aliphatic rings. The minimum Gasteiger partial charge on any atom is -0.496 e. The van der Waals surface area contributed by atoms with Crippen LogP contribution in [0.3, 0.4) is 0 Å². The summed E-state index contributed by atoms with van der Waals surface area (Å²) >= 11 is 0. The molecule has 0 radical (unpaired) electrons. The molecule has 0 aliphatic carbocycles. The SMILES string of the molecule is COc1c(C)cnc(CNC(CCCO)c2ccccc2)c1C. The van der Waals surface area contributed by atoms with Crippen molar-refractivity contribution in [2.75, 3.05) is 13.7 Å². The number of nitrogens with one attached hydrogen (secondary N) is 1. The van der Waals surface area contributed by atoms with Crippen molar-refractivity contribution in [3.05, 3.63) is 58.9 Å². The molecule has 1 aromatic heterocycles. The van der Waals surface area contributed by atoms with Crippen molar-refractivity contribution < 1.29 is 9.84 Å². The summed E-state index contributed by atoms with van der Waals surface area (Å²) in [5.41, 5.74) is 4.36. The van der Waals surface area contributed by atoms with Gasteiger partial charge in [0.15, 0.2) is 0 Å². The summed E-state index contributed by atoms with van der Waals surface area (Å²) in [5.74, 6) is 0.906. The van der Waals surface area contributed by atoms with Crippen LogP contribution in [-0.4, -0.2) is 23.8 Å². The Balaban J connectivity index is 2.12. The van der Waals surface area contributed by atoms with E-state index < -0.39 is 0 Å². The number of aliphatic hydroxyl groups is 1. The van der Waals surface area contributed by atoms with Crippen molar-refractivity contribution >= 4 is 0 Å². The van der Waals surface area contributed by atoms with Crippen LogP contribution in [0.1, 0.15) is 41.3 Å². The highest BCUT2D eigenvalue weighted by Crippen LogP contribution is 2.25. The number of pyridine rings is 1. The summed E-state index contributed by atoms with van der Waals surface area (Å²) in [6.45, 7) is 4.93. The van der Waals surface area contributed by atoms with Crippen molar-refractivity contribution in [3.63, 3.8) is 0 Å². The zero-order valence-electron chi connectivity index (χ0n) is 14.2. The number of nitrogens with zero attached hydrogens (tertiary/aromatic N) is 1. The van der Waals surface area contributed by atoms with Crippen molar-refractivity contribution in [3.8, 4) is 5.75 Å². The number of aryl methyl sites for hydroxylation is 1. The van der Waals surface area contributed by atoms with Gasteiger partial charge in [0.1, 0.15) is 5.75 Å². The number of benzene rings is 1. The monoisotopic (exact) mass is 314 g/mol. The van der Waals surface area contributed by atoms with Crippen molar-refractivity contribution in [2.24, 2.45) is 0 Å². The minimum atomic E-state index is 0.205. The fourth-order valence-corrected chi connectivity index (χ4v) is 2.84. The van der Waals surface area contributed by atoms with Crippen LogP contribution in [0, 0.1) is 13.8 Å². The van der Waals surface area contributed by atoms with Gasteiger partial charge < -0.3 is 15.2 Å². The molecule has 2 N–H and O–H groups in total. The van der Waals surface area contributed by atoms with Gasteiger partial charge in [0.05, 0.1) is 12.8 Å². The van der Waals surface area contributed by atoms with E-state index >= 15 is 0 Å². The van der Waals surface area contributed by atoms with Crippen LogP contribution in [0.25, 0.3) is 0 Å². The standard InChI is InChI=1S/C19H26N2O2/c1-14-12-20-18(15(2)19(14)23-3)13-21-17(10-7-11-22)16-8-5-4-6-9-16/h4-6,8-9,12,17,21-22H,7,10-11,13H2,1-3H3. The normalized spacial score (nSPS) is 12.2. The summed E-state index contributed by atoms with van der Waals surface area (Å²) in [6, 6.07) is 10.5. The van der Waals surface area contributed by atoms with Gasteiger partial charge in [0.2, 0.25) is 0 Å². The first-order valence-corrected chi connectivity index (χ1v) is 8.05. The molecule has 1 heterocycles. The molecule has 4 heteroatoms. The molecule has 0 aliphatic heterocycles. The van der Waals surface area contributed by atoms with Gasteiger partial charge in [-0.3, -0.25) is 4.98 Å². The highest BCUT2D eigenvalue weighted by Gasteiger charge is 2.13. The third kappa shape index (κ3) is 4.53. The first-order chi connectivity index (χ1) is 11.2. The Kier molecular flexibility index (Phi) is 6.56. The summed E-state index contributed by atoms with van der Waals surface area (Å²) < 4.78 is 5.47. The van der Waals surface area contributed by atoms with Crippen LogP contribution in [0.15, 0.2) is 36.5 Å². The smallest absolute Gasteiger partial charge is 0.128 e. The maximum absolute atomic E-state index is 9.13. The highest BCUT2D eigenvalue weighted by atomic mass is 16.5. The first-order valence-electron chi connectivity index (χ1n) is 8.05. The van der Waals surface area contributed by atoms with E-state index in [1.807, 2.05) is 38.2 Å². The zero-order chi connectivity index (χ0) is 16.7. The molecule has 0 amide bonds. The van der Waals surface area contributed by atoms with Crippen LogP contribution >= 0.6 is 0 Å². The van der Waals surface area contributed by atoms with Crippen LogP contribution in [0.5, 0.6) is 5.75 Å². The lowest BCUT2D eigenvalue weighted by molar-refractivity contribution is 0.274. The van der Waals surface area contributed by atoms with Gasteiger partial charge in [-0.25, -0.2) is 0 Å². The number of hydrogen-bond donors (Lipinski definition) is 2. The molecule has 1 unspecified atom stereocenters. The summed E-state index contributed by atoms with van der Waals surface area (Å²) in [7, 11) is 1.70. The number of hydrogen-bond acceptors (Lipinski definition) is 4. The van der Waals surface area contributed by atoms with E-state index in [4.69, 9.17) is 9.84 Å². The van der Waals surface area contributed by atoms with E-state index in [-0.39, 0.29) is 12.6 Å². The molecule has 1 aromatic carbocycles. The van der Waals surface area contributed by atoms with Crippen LogP contribution in [-0.2, 0) is 6.54 Å². The van der Waals surface area contributed by atoms with Crippen LogP contribution in [0.4, 0.5) is 0 Å². The van der Waals surface area contributed by atoms with Gasteiger partial charge in [-0.05, 0) is 32.3 Å². The second-order valence-electron chi connectivity index (χ2n) is 5.76. The van der Waals surface area contributed by atoms with Gasteiger partial charge >= 0.3 is 0 Å². The molecule has 23 heavy (non-hydrogen) atoms. The zero-order valence-corrected chi connectivity index (χ0v) is 14.2. The Bertz CT molecular complexity index is 614. The average molecular weight is 314 g/mol. The summed E-state index contributed by atoms with van der Waals surface area (Å²) in [6.07, 6.45) is 3.52. The molecule has 2 rings (SSSR count). The number of aromatic nitrogens is 1. The van der Waals surface area contributed by atoms with Crippen LogP contribution < -0.4 is 10.1 Å². The largest absolute Gasteiger partial charge is 0.496 e. The quantitative estimate of drug-likeness (QED) is 0.785. The second-order valence-corrected chi connectivity index (χ2v) is 5.76. The molecule has 1 atom stereocenters. The van der Waals surface area contributed by atoms with Gasteiger partial charge in [-0.15, -0.1) is 0 Å². The predicted octanol–water partition coefficient (Wildman–Crippen LogP) is 3.31. The van der Waals surface area contributed by atoms with Crippen LogP contribution in [0.2, 0.25) is 0 Å². The Labute approximate surface area is 138 Å². The number of methoxy groups -OCH3 is 1. The van der Waals surface area contributed by atoms with Gasteiger partial charge in [-0.1, -0.05) is 30.3 Å². The topological polar surface area (TPSA) is 54.4 Å². The molecular weight excluding hydrogens is 288 g/mol. The maximum atomic E-state index is 9.13. The molecule has 0 fully saturated rings. The van der Waals surface area contributed by atoms with Crippen molar-refractivity contribution in [1.29, 1.82) is 0 Å². The lowest BCUT2D eigenvalue weighted by Gasteiger charge is -2.20. The highest BCUT2D eigenvalue weighted by molar-refractivity contribution is 5.41. The molecule has 4 nitrogen and oxygen atoms in total. The van der Waals surface area contributed by atoms with E-state index in [2.05, 4.69) is 22.4 Å². The number of ether oxygens (including phenoxy) is 1. The minimum absolute atomic E-state index is 0.205. The Morgan fingerprint density at radius 1 is 1.22 bits per heavy atom. The third-order valence-corrected chi connectivity index (χ3v) is 4.12. The first kappa shape index (κ1) is 17.4. The van der Waals surface area contributed by atoms with E-state index in [9.17, 15) is 0 Å². The van der Waals surface area contributed by atoms with Gasteiger partial charge in [0.25, 0.3) is 0 Å². The molecule has 0 saturated carbocycles. The summed E-state index contributed by atoms with van der Waals surface area (Å²) in [4.78, 5) is 4.54. The Hall–Kier alpha value is -1.91. The van der Waals surface area contributed by atoms with E-state index in [0.29, 0.717) is 6.54 Å². The van der Waals surface area contributed by atoms with E-state index in [1.165, 1.54) is 5.56 Å². The fraction of sp³-hybridized carbons (Fsp3) is 0.421. The average Bonchev–Trinajstić information content (AvgIpc) is 2.58. The second kappa shape index (κ2) is 8.65. The summed E-state index contributed by atoms with van der Waals surface area (Å²) in [5, 5.41) is 12.7. The van der Waals surface area contributed by atoms with E-state index in [1.54, 1.807) is 7.11 Å². The maximum Gasteiger partial charge on any atom is 0.128 e. The number of rotatable bonds is 8.